The number of pyridine rings is 1. The molecule has 1 fully saturated rings. The first-order valence-corrected chi connectivity index (χ1v) is 12.5. The van der Waals surface area contributed by atoms with Crippen molar-refractivity contribution in [1.29, 1.82) is 0 Å². The summed E-state index contributed by atoms with van der Waals surface area (Å²) in [6, 6.07) is 5.19. The number of aromatic nitrogens is 3. The van der Waals surface area contributed by atoms with E-state index in [1.807, 2.05) is 0 Å². The van der Waals surface area contributed by atoms with Crippen LogP contribution < -0.4 is 5.49 Å². The number of carbonyl (C=O) groups excluding carboxylic acids is 1. The standard InChI is InChI=1S/C27H29F4N5O/c1-16-19(6-4-7-21(16)27(29,30)31)17(2)33-25-20-14-23(26(28)9-12-35(13-10-26)18(3)37)32-15-22(20)36-11-5-8-24(36)34-25/h4,6-7,14-15,17H,5,8-13H2,1-3H3/b33-25-. The van der Waals surface area contributed by atoms with Crippen molar-refractivity contribution < 1.29 is 22.4 Å². The molecule has 196 valence electrons. The molecule has 1 aromatic carbocycles. The normalized spacial score (nSPS) is 18.8. The van der Waals surface area contributed by atoms with Crippen molar-refractivity contribution in [1.82, 2.24) is 19.4 Å². The van der Waals surface area contributed by atoms with Gasteiger partial charge in [-0.05, 0) is 43.5 Å². The molecule has 1 atom stereocenters. The Balaban J connectivity index is 1.61. The average Bonchev–Trinajstić information content (AvgIpc) is 3.32. The molecule has 0 saturated carbocycles. The van der Waals surface area contributed by atoms with Crippen LogP contribution in [-0.4, -0.2) is 38.4 Å². The Kier molecular flexibility index (Phi) is 6.32. The zero-order chi connectivity index (χ0) is 26.5. The minimum absolute atomic E-state index is 0.0790. The van der Waals surface area contributed by atoms with Crippen LogP contribution in [0.4, 0.5) is 17.6 Å². The molecule has 0 N–H and O–H groups in total. The van der Waals surface area contributed by atoms with Gasteiger partial charge in [0.1, 0.15) is 5.82 Å². The maximum absolute atomic E-state index is 16.0. The van der Waals surface area contributed by atoms with Crippen LogP contribution >= 0.6 is 0 Å². The van der Waals surface area contributed by atoms with E-state index in [9.17, 15) is 18.0 Å². The number of rotatable bonds is 3. The monoisotopic (exact) mass is 515 g/mol. The van der Waals surface area contributed by atoms with Crippen molar-refractivity contribution in [2.24, 2.45) is 4.99 Å². The molecule has 37 heavy (non-hydrogen) atoms. The predicted molar refractivity (Wildman–Crippen MR) is 130 cm³/mol. The highest BCUT2D eigenvalue weighted by Gasteiger charge is 2.39. The van der Waals surface area contributed by atoms with E-state index >= 15 is 4.39 Å². The zero-order valence-corrected chi connectivity index (χ0v) is 21.1. The summed E-state index contributed by atoms with van der Waals surface area (Å²) < 4.78 is 58.6. The topological polar surface area (TPSA) is 63.4 Å². The number of nitrogens with zero attached hydrogens (tertiary/aromatic N) is 5. The molecule has 0 bridgehead atoms. The average molecular weight is 516 g/mol. The van der Waals surface area contributed by atoms with Gasteiger partial charge in [0.2, 0.25) is 5.91 Å². The summed E-state index contributed by atoms with van der Waals surface area (Å²) in [4.78, 5) is 27.3. The van der Waals surface area contributed by atoms with Crippen LogP contribution in [0.2, 0.25) is 0 Å². The van der Waals surface area contributed by atoms with Gasteiger partial charge in [-0.2, -0.15) is 13.2 Å². The maximum Gasteiger partial charge on any atom is 0.416 e. The van der Waals surface area contributed by atoms with Crippen molar-refractivity contribution >= 4 is 16.8 Å². The number of amides is 1. The second kappa shape index (κ2) is 9.22. The van der Waals surface area contributed by atoms with Gasteiger partial charge in [-0.1, -0.05) is 12.1 Å². The number of piperidine rings is 1. The van der Waals surface area contributed by atoms with E-state index in [2.05, 4.69) is 9.55 Å². The summed E-state index contributed by atoms with van der Waals surface area (Å²) in [6.45, 7) is 6.06. The SMILES string of the molecule is CC(=O)N1CCC(F)(c2cc3/c(=N/C(C)c4cccc(C(F)(F)F)c4C)nc4n(c3cn2)CCC4)CC1. The Bertz CT molecular complexity index is 1440. The summed E-state index contributed by atoms with van der Waals surface area (Å²) in [6.07, 6.45) is -0.859. The molecule has 5 rings (SSSR count). The lowest BCUT2D eigenvalue weighted by molar-refractivity contribution is -0.138. The zero-order valence-electron chi connectivity index (χ0n) is 21.1. The molecule has 0 radical (unpaired) electrons. The first kappa shape index (κ1) is 25.4. The fourth-order valence-corrected chi connectivity index (χ4v) is 5.50. The van der Waals surface area contributed by atoms with Crippen LogP contribution in [0.15, 0.2) is 35.5 Å². The molecule has 0 spiro atoms. The highest BCUT2D eigenvalue weighted by molar-refractivity contribution is 5.78. The van der Waals surface area contributed by atoms with Gasteiger partial charge >= 0.3 is 6.18 Å². The molecule has 4 heterocycles. The molecule has 3 aromatic rings. The van der Waals surface area contributed by atoms with Gasteiger partial charge in [-0.3, -0.25) is 14.8 Å². The number of fused-ring (bicyclic) bond motifs is 3. The summed E-state index contributed by atoms with van der Waals surface area (Å²) >= 11 is 0. The number of hydrogen-bond acceptors (Lipinski definition) is 4. The van der Waals surface area contributed by atoms with Crippen molar-refractivity contribution in [3.8, 4) is 0 Å². The summed E-state index contributed by atoms with van der Waals surface area (Å²) in [5.41, 5.74) is -0.354. The largest absolute Gasteiger partial charge is 0.416 e. The first-order valence-electron chi connectivity index (χ1n) is 12.5. The number of aryl methyl sites for hydroxylation is 2. The second-order valence-corrected chi connectivity index (χ2v) is 9.99. The molecule has 2 aliphatic rings. The molecule has 1 unspecified atom stereocenters. The number of carbonyl (C=O) groups is 1. The molecule has 10 heteroatoms. The van der Waals surface area contributed by atoms with Crippen LogP contribution in [0.1, 0.15) is 67.4 Å². The van der Waals surface area contributed by atoms with Crippen LogP contribution in [-0.2, 0) is 29.6 Å². The Morgan fingerprint density at radius 3 is 2.59 bits per heavy atom. The highest BCUT2D eigenvalue weighted by Crippen LogP contribution is 2.37. The number of benzene rings is 1. The number of halogens is 4. The van der Waals surface area contributed by atoms with Crippen LogP contribution in [0.5, 0.6) is 0 Å². The van der Waals surface area contributed by atoms with E-state index in [-0.39, 0.29) is 30.0 Å². The molecule has 1 saturated heterocycles. The lowest BCUT2D eigenvalue weighted by Gasteiger charge is -2.35. The molecular formula is C27H29F4N5O. The Morgan fingerprint density at radius 1 is 1.19 bits per heavy atom. The van der Waals surface area contributed by atoms with Gasteiger partial charge in [0, 0.05) is 51.2 Å². The maximum atomic E-state index is 16.0. The highest BCUT2D eigenvalue weighted by atomic mass is 19.4. The van der Waals surface area contributed by atoms with Crippen LogP contribution in [0.3, 0.4) is 0 Å². The minimum atomic E-state index is -4.46. The van der Waals surface area contributed by atoms with Gasteiger partial charge in [0.15, 0.2) is 11.2 Å². The molecular weight excluding hydrogens is 486 g/mol. The first-order chi connectivity index (χ1) is 17.5. The fraction of sp³-hybridized carbons (Fsp3) is 0.481. The predicted octanol–water partition coefficient (Wildman–Crippen LogP) is 5.17. The molecule has 6 nitrogen and oxygen atoms in total. The van der Waals surface area contributed by atoms with E-state index in [0.29, 0.717) is 29.5 Å². The quantitative estimate of drug-likeness (QED) is 0.452. The van der Waals surface area contributed by atoms with Crippen molar-refractivity contribution in [3.05, 3.63) is 64.2 Å². The van der Waals surface area contributed by atoms with Gasteiger partial charge < -0.3 is 9.47 Å². The number of hydrogen-bond donors (Lipinski definition) is 0. The summed E-state index contributed by atoms with van der Waals surface area (Å²) in [7, 11) is 0. The van der Waals surface area contributed by atoms with Gasteiger partial charge in [-0.25, -0.2) is 9.37 Å². The van der Waals surface area contributed by atoms with E-state index in [1.165, 1.54) is 19.9 Å². The number of alkyl halides is 4. The Morgan fingerprint density at radius 2 is 1.92 bits per heavy atom. The van der Waals surface area contributed by atoms with Crippen LogP contribution in [0, 0.1) is 6.92 Å². The molecule has 1 amide bonds. The van der Waals surface area contributed by atoms with Gasteiger partial charge in [0.25, 0.3) is 0 Å². The molecule has 2 aromatic heterocycles. The third-order valence-corrected chi connectivity index (χ3v) is 7.65. The Hall–Kier alpha value is -3.30. The molecule has 0 aliphatic carbocycles. The van der Waals surface area contributed by atoms with E-state index in [0.717, 1.165) is 36.8 Å². The fourth-order valence-electron chi connectivity index (χ4n) is 5.50. The lowest BCUT2D eigenvalue weighted by Crippen LogP contribution is -2.42. The van der Waals surface area contributed by atoms with Crippen LogP contribution in [0.25, 0.3) is 10.9 Å². The third kappa shape index (κ3) is 4.62. The minimum Gasteiger partial charge on any atom is -0.343 e. The molecule has 2 aliphatic heterocycles. The van der Waals surface area contributed by atoms with Gasteiger partial charge in [0.05, 0.1) is 29.0 Å². The smallest absolute Gasteiger partial charge is 0.343 e. The van der Waals surface area contributed by atoms with Crippen molar-refractivity contribution in [2.45, 2.75) is 70.9 Å². The van der Waals surface area contributed by atoms with Gasteiger partial charge in [-0.15, -0.1) is 0 Å². The van der Waals surface area contributed by atoms with E-state index in [1.54, 1.807) is 30.2 Å². The van der Waals surface area contributed by atoms with Crippen molar-refractivity contribution in [3.63, 3.8) is 0 Å². The second-order valence-electron chi connectivity index (χ2n) is 9.99. The summed E-state index contributed by atoms with van der Waals surface area (Å²) in [5, 5.41) is 0.623. The summed E-state index contributed by atoms with van der Waals surface area (Å²) in [5.74, 6) is 0.753. The van der Waals surface area contributed by atoms with E-state index in [4.69, 9.17) is 9.98 Å². The third-order valence-electron chi connectivity index (χ3n) is 7.65. The van der Waals surface area contributed by atoms with E-state index < -0.39 is 23.5 Å². The lowest BCUT2D eigenvalue weighted by atomic mass is 9.89. The Labute approximate surface area is 212 Å². The van der Waals surface area contributed by atoms with Crippen molar-refractivity contribution in [2.75, 3.05) is 13.1 Å². The number of likely N-dealkylation sites (tertiary alicyclic amines) is 1.